The quantitative estimate of drug-likeness (QED) is 0.843. The van der Waals surface area contributed by atoms with Crippen LogP contribution in [0.2, 0.25) is 0 Å². The lowest BCUT2D eigenvalue weighted by atomic mass is 10.1. The number of hydrogen-bond acceptors (Lipinski definition) is 3. The molecule has 0 aromatic heterocycles. The Kier molecular flexibility index (Phi) is 4.15. The number of ether oxygens (including phenoxy) is 1. The summed E-state index contributed by atoms with van der Waals surface area (Å²) in [6, 6.07) is 2.85. The van der Waals surface area contributed by atoms with Crippen molar-refractivity contribution in [1.82, 2.24) is 0 Å². The van der Waals surface area contributed by atoms with E-state index in [0.29, 0.717) is 17.2 Å². The lowest BCUT2D eigenvalue weighted by Gasteiger charge is -2.09. The predicted molar refractivity (Wildman–Crippen MR) is 65.5 cm³/mol. The minimum absolute atomic E-state index is 0.130. The summed E-state index contributed by atoms with van der Waals surface area (Å²) in [5.41, 5.74) is 0.260. The fourth-order valence-electron chi connectivity index (χ4n) is 1.39. The average Bonchev–Trinajstić information content (AvgIpc) is 2.26. The maximum absolute atomic E-state index is 10.9. The van der Waals surface area contributed by atoms with Crippen LogP contribution >= 0.6 is 0 Å². The SMILES string of the molecule is COc1ccc(C(=O)O)c(O)c1/C=C/C(C)C. The number of aromatic hydroxyl groups is 1. The number of methoxy groups -OCH3 is 1. The van der Waals surface area contributed by atoms with Crippen LogP contribution in [-0.4, -0.2) is 23.3 Å². The first-order valence-corrected chi connectivity index (χ1v) is 5.28. The molecule has 0 fully saturated rings. The van der Waals surface area contributed by atoms with E-state index >= 15 is 0 Å². The second-order valence-corrected chi connectivity index (χ2v) is 3.99. The van der Waals surface area contributed by atoms with E-state index in [1.807, 2.05) is 19.9 Å². The molecule has 92 valence electrons. The highest BCUT2D eigenvalue weighted by Crippen LogP contribution is 2.32. The molecule has 0 heterocycles. The Hall–Kier alpha value is -1.97. The first-order valence-electron chi connectivity index (χ1n) is 5.28. The smallest absolute Gasteiger partial charge is 0.339 e. The first-order chi connectivity index (χ1) is 7.97. The van der Waals surface area contributed by atoms with Gasteiger partial charge < -0.3 is 14.9 Å². The van der Waals surface area contributed by atoms with Gasteiger partial charge in [-0.1, -0.05) is 26.0 Å². The van der Waals surface area contributed by atoms with Gasteiger partial charge in [-0.2, -0.15) is 0 Å². The molecule has 0 amide bonds. The monoisotopic (exact) mass is 236 g/mol. The molecule has 1 rings (SSSR count). The van der Waals surface area contributed by atoms with Crippen LogP contribution in [0.5, 0.6) is 11.5 Å². The molecule has 0 atom stereocenters. The summed E-state index contributed by atoms with van der Waals surface area (Å²) in [5, 5.41) is 18.8. The molecule has 4 heteroatoms. The Morgan fingerprint density at radius 1 is 1.41 bits per heavy atom. The van der Waals surface area contributed by atoms with Gasteiger partial charge in [-0.3, -0.25) is 0 Å². The van der Waals surface area contributed by atoms with Crippen molar-refractivity contribution in [3.8, 4) is 11.5 Å². The number of aromatic carboxylic acids is 1. The van der Waals surface area contributed by atoms with Gasteiger partial charge in [0, 0.05) is 0 Å². The van der Waals surface area contributed by atoms with E-state index in [1.165, 1.54) is 19.2 Å². The molecule has 0 radical (unpaired) electrons. The molecule has 1 aromatic rings. The summed E-state index contributed by atoms with van der Waals surface area (Å²) in [7, 11) is 1.47. The molecule has 0 aliphatic carbocycles. The number of carbonyl (C=O) groups is 1. The van der Waals surface area contributed by atoms with Gasteiger partial charge in [-0.15, -0.1) is 0 Å². The van der Waals surface area contributed by atoms with Gasteiger partial charge in [-0.25, -0.2) is 4.79 Å². The number of phenols is 1. The number of allylic oxidation sites excluding steroid dienone is 1. The van der Waals surface area contributed by atoms with E-state index in [0.717, 1.165) is 0 Å². The number of rotatable bonds is 4. The van der Waals surface area contributed by atoms with Crippen molar-refractivity contribution in [1.29, 1.82) is 0 Å². The summed E-state index contributed by atoms with van der Waals surface area (Å²) in [5.74, 6) is -0.685. The standard InChI is InChI=1S/C13H16O4/c1-8(2)4-5-9-11(17-3)7-6-10(12(9)14)13(15)16/h4-8,14H,1-3H3,(H,15,16)/b5-4+. The van der Waals surface area contributed by atoms with Gasteiger partial charge in [0.05, 0.1) is 12.7 Å². The third-order valence-corrected chi connectivity index (χ3v) is 2.28. The van der Waals surface area contributed by atoms with Crippen molar-refractivity contribution in [2.45, 2.75) is 13.8 Å². The molecular formula is C13H16O4. The molecular weight excluding hydrogens is 220 g/mol. The molecule has 0 aliphatic rings. The normalized spacial score (nSPS) is 11.1. The molecule has 17 heavy (non-hydrogen) atoms. The van der Waals surface area contributed by atoms with Gasteiger partial charge >= 0.3 is 5.97 Å². The van der Waals surface area contributed by atoms with Crippen LogP contribution in [0.4, 0.5) is 0 Å². The first kappa shape index (κ1) is 13.1. The van der Waals surface area contributed by atoms with Gasteiger partial charge in [0.25, 0.3) is 0 Å². The van der Waals surface area contributed by atoms with Crippen molar-refractivity contribution < 1.29 is 19.7 Å². The van der Waals surface area contributed by atoms with E-state index in [1.54, 1.807) is 6.08 Å². The highest BCUT2D eigenvalue weighted by atomic mass is 16.5. The van der Waals surface area contributed by atoms with Crippen LogP contribution in [0.25, 0.3) is 6.08 Å². The number of carboxylic acids is 1. The van der Waals surface area contributed by atoms with Crippen molar-refractivity contribution >= 4 is 12.0 Å². The molecule has 0 bridgehead atoms. The van der Waals surface area contributed by atoms with Crippen molar-refractivity contribution in [2.75, 3.05) is 7.11 Å². The lowest BCUT2D eigenvalue weighted by molar-refractivity contribution is 0.0693. The highest BCUT2D eigenvalue weighted by molar-refractivity contribution is 5.93. The fourth-order valence-corrected chi connectivity index (χ4v) is 1.39. The minimum Gasteiger partial charge on any atom is -0.506 e. The Morgan fingerprint density at radius 2 is 2.06 bits per heavy atom. The summed E-state index contributed by atoms with van der Waals surface area (Å²) >= 11 is 0. The predicted octanol–water partition coefficient (Wildman–Crippen LogP) is 2.77. The van der Waals surface area contributed by atoms with Crippen molar-refractivity contribution in [3.63, 3.8) is 0 Å². The maximum Gasteiger partial charge on any atom is 0.339 e. The van der Waals surface area contributed by atoms with E-state index in [9.17, 15) is 9.90 Å². The number of benzene rings is 1. The van der Waals surface area contributed by atoms with Crippen LogP contribution in [0.1, 0.15) is 29.8 Å². The fraction of sp³-hybridized carbons (Fsp3) is 0.308. The molecule has 2 N–H and O–H groups in total. The van der Waals surface area contributed by atoms with Crippen LogP contribution in [0.3, 0.4) is 0 Å². The van der Waals surface area contributed by atoms with Crippen molar-refractivity contribution in [3.05, 3.63) is 29.3 Å². The molecule has 0 saturated carbocycles. The van der Waals surface area contributed by atoms with E-state index in [-0.39, 0.29) is 11.3 Å². The minimum atomic E-state index is -1.16. The molecule has 0 saturated heterocycles. The topological polar surface area (TPSA) is 66.8 Å². The maximum atomic E-state index is 10.9. The zero-order chi connectivity index (χ0) is 13.0. The van der Waals surface area contributed by atoms with Crippen molar-refractivity contribution in [2.24, 2.45) is 5.92 Å². The molecule has 0 unspecified atom stereocenters. The summed E-state index contributed by atoms with van der Waals surface area (Å²) in [6.45, 7) is 3.97. The zero-order valence-electron chi connectivity index (χ0n) is 10.1. The third kappa shape index (κ3) is 3.00. The molecule has 0 aliphatic heterocycles. The Labute approximate surface area is 100 Å². The Bertz CT molecular complexity index is 447. The van der Waals surface area contributed by atoms with E-state index in [2.05, 4.69) is 0 Å². The van der Waals surface area contributed by atoms with E-state index < -0.39 is 5.97 Å². The van der Waals surface area contributed by atoms with E-state index in [4.69, 9.17) is 9.84 Å². The zero-order valence-corrected chi connectivity index (χ0v) is 10.1. The molecule has 1 aromatic carbocycles. The van der Waals surface area contributed by atoms with Gasteiger partial charge in [0.15, 0.2) is 0 Å². The van der Waals surface area contributed by atoms with Crippen LogP contribution in [0.15, 0.2) is 18.2 Å². The second kappa shape index (κ2) is 5.39. The summed E-state index contributed by atoms with van der Waals surface area (Å²) in [4.78, 5) is 10.9. The lowest BCUT2D eigenvalue weighted by Crippen LogP contribution is -1.99. The van der Waals surface area contributed by atoms with Gasteiger partial charge in [0.1, 0.15) is 17.1 Å². The van der Waals surface area contributed by atoms with Crippen LogP contribution in [-0.2, 0) is 0 Å². The van der Waals surface area contributed by atoms with Gasteiger partial charge in [-0.05, 0) is 18.1 Å². The largest absolute Gasteiger partial charge is 0.506 e. The molecule has 0 spiro atoms. The summed E-state index contributed by atoms with van der Waals surface area (Å²) < 4.78 is 5.09. The number of carboxylic acid groups (broad SMARTS) is 1. The average molecular weight is 236 g/mol. The van der Waals surface area contributed by atoms with Gasteiger partial charge in [0.2, 0.25) is 0 Å². The van der Waals surface area contributed by atoms with Crippen LogP contribution < -0.4 is 4.74 Å². The Balaban J connectivity index is 3.32. The molecule has 4 nitrogen and oxygen atoms in total. The van der Waals surface area contributed by atoms with Crippen LogP contribution in [0, 0.1) is 5.92 Å². The second-order valence-electron chi connectivity index (χ2n) is 3.99. The highest BCUT2D eigenvalue weighted by Gasteiger charge is 2.15. The number of hydrogen-bond donors (Lipinski definition) is 2. The third-order valence-electron chi connectivity index (χ3n) is 2.28. The Morgan fingerprint density at radius 3 is 2.53 bits per heavy atom. The summed E-state index contributed by atoms with van der Waals surface area (Å²) in [6.07, 6.45) is 3.54.